The minimum absolute atomic E-state index is 0.0563. The van der Waals surface area contributed by atoms with Crippen LogP contribution in [0.2, 0.25) is 0 Å². The largest absolute Gasteiger partial charge is 0.381 e. The highest BCUT2D eigenvalue weighted by Crippen LogP contribution is 2.50. The Morgan fingerprint density at radius 1 is 1.39 bits per heavy atom. The number of halogens is 1. The second-order valence-corrected chi connectivity index (χ2v) is 8.37. The van der Waals surface area contributed by atoms with Crippen LogP contribution in [0, 0.1) is 0 Å². The molecule has 98 valence electrons. The van der Waals surface area contributed by atoms with Crippen LogP contribution in [0.1, 0.15) is 31.1 Å². The fourth-order valence-corrected chi connectivity index (χ4v) is 5.57. The average molecular weight is 346 g/mol. The fraction of sp³-hybridized carbons (Fsp3) is 0.615. The lowest BCUT2D eigenvalue weighted by molar-refractivity contribution is 0.0695. The van der Waals surface area contributed by atoms with E-state index in [0.29, 0.717) is 4.75 Å². The van der Waals surface area contributed by atoms with Crippen molar-refractivity contribution in [3.63, 3.8) is 0 Å². The predicted molar refractivity (Wildman–Crippen MR) is 82.9 cm³/mol. The van der Waals surface area contributed by atoms with E-state index >= 15 is 0 Å². The van der Waals surface area contributed by atoms with Gasteiger partial charge in [0.15, 0.2) is 0 Å². The fourth-order valence-electron chi connectivity index (χ4n) is 2.75. The van der Waals surface area contributed by atoms with Crippen molar-refractivity contribution in [1.29, 1.82) is 0 Å². The van der Waals surface area contributed by atoms with Gasteiger partial charge in [0.25, 0.3) is 0 Å². The van der Waals surface area contributed by atoms with Crippen molar-refractivity contribution in [2.24, 2.45) is 4.99 Å². The molecule has 3 rings (SSSR count). The molecule has 0 aromatic carbocycles. The molecule has 1 saturated heterocycles. The van der Waals surface area contributed by atoms with Gasteiger partial charge in [0.05, 0.1) is 11.1 Å². The van der Waals surface area contributed by atoms with Crippen molar-refractivity contribution >= 4 is 44.6 Å². The zero-order valence-electron chi connectivity index (χ0n) is 10.3. The number of ether oxygens (including phenoxy) is 1. The number of hydrogen-bond acceptors (Lipinski definition) is 4. The van der Waals surface area contributed by atoms with Crippen LogP contribution in [0.5, 0.6) is 0 Å². The van der Waals surface area contributed by atoms with E-state index < -0.39 is 0 Å². The van der Waals surface area contributed by atoms with Crippen molar-refractivity contribution in [3.05, 3.63) is 20.8 Å². The molecule has 1 spiro atoms. The summed E-state index contributed by atoms with van der Waals surface area (Å²) in [5.41, 5.74) is 2.02. The van der Waals surface area contributed by atoms with E-state index in [0.717, 1.165) is 36.9 Å². The summed E-state index contributed by atoms with van der Waals surface area (Å²) in [5.74, 6) is 0. The zero-order chi connectivity index (χ0) is 12.6. The van der Waals surface area contributed by atoms with Crippen LogP contribution in [-0.4, -0.2) is 23.5 Å². The molecule has 3 heterocycles. The zero-order valence-corrected chi connectivity index (χ0v) is 13.5. The summed E-state index contributed by atoms with van der Waals surface area (Å²) < 4.78 is 7.02. The Hall–Kier alpha value is 0.160. The number of thioether (sulfide) groups is 1. The lowest BCUT2D eigenvalue weighted by Gasteiger charge is -2.43. The molecule has 5 heteroatoms. The molecule has 0 N–H and O–H groups in total. The Morgan fingerprint density at radius 3 is 2.83 bits per heavy atom. The Morgan fingerprint density at radius 2 is 2.17 bits per heavy atom. The molecular formula is C13H16BrNOS2. The molecule has 2 nitrogen and oxygen atoms in total. The highest BCUT2D eigenvalue weighted by atomic mass is 79.9. The van der Waals surface area contributed by atoms with Gasteiger partial charge in [-0.25, -0.2) is 0 Å². The molecule has 0 aliphatic carbocycles. The highest BCUT2D eigenvalue weighted by Gasteiger charge is 2.43. The summed E-state index contributed by atoms with van der Waals surface area (Å²) in [4.78, 5) is 6.14. The standard InChI is InChI=1S/C13H16BrNOS2/c1-12(11-6-10(14)7-17-11)8-13(18-9-15-12)2-4-16-5-3-13/h6-7,9H,2-5,8H2,1H3. The molecule has 2 aliphatic heterocycles. The Balaban J connectivity index is 1.89. The van der Waals surface area contributed by atoms with Gasteiger partial charge in [-0.15, -0.1) is 23.1 Å². The summed E-state index contributed by atoms with van der Waals surface area (Å²) in [6.07, 6.45) is 3.41. The quantitative estimate of drug-likeness (QED) is 0.750. The van der Waals surface area contributed by atoms with Crippen LogP contribution in [0.4, 0.5) is 0 Å². The molecule has 18 heavy (non-hydrogen) atoms. The first kappa shape index (κ1) is 13.2. The van der Waals surface area contributed by atoms with E-state index in [1.54, 1.807) is 11.3 Å². The molecule has 1 unspecified atom stereocenters. The van der Waals surface area contributed by atoms with E-state index in [-0.39, 0.29) is 5.54 Å². The number of nitrogens with zero attached hydrogens (tertiary/aromatic N) is 1. The van der Waals surface area contributed by atoms with Gasteiger partial charge in [0.1, 0.15) is 0 Å². The Labute approximate surface area is 124 Å². The van der Waals surface area contributed by atoms with Crippen LogP contribution in [-0.2, 0) is 10.3 Å². The molecule has 0 saturated carbocycles. The highest BCUT2D eigenvalue weighted by molar-refractivity contribution is 9.10. The van der Waals surface area contributed by atoms with Gasteiger partial charge in [-0.2, -0.15) is 0 Å². The van der Waals surface area contributed by atoms with Gasteiger partial charge >= 0.3 is 0 Å². The summed E-state index contributed by atoms with van der Waals surface area (Å²) in [5, 5.41) is 2.15. The van der Waals surface area contributed by atoms with E-state index in [9.17, 15) is 0 Å². The molecule has 0 amide bonds. The molecule has 2 aliphatic rings. The monoisotopic (exact) mass is 345 g/mol. The summed E-state index contributed by atoms with van der Waals surface area (Å²) in [7, 11) is 0. The van der Waals surface area contributed by atoms with Gasteiger partial charge in [-0.1, -0.05) is 0 Å². The maximum Gasteiger partial charge on any atom is 0.0939 e. The normalized spacial score (nSPS) is 30.8. The number of aliphatic imine (C=N–C) groups is 1. The van der Waals surface area contributed by atoms with E-state index in [2.05, 4.69) is 39.8 Å². The molecule has 1 aromatic rings. The smallest absolute Gasteiger partial charge is 0.0939 e. The van der Waals surface area contributed by atoms with E-state index in [4.69, 9.17) is 9.73 Å². The molecular weight excluding hydrogens is 330 g/mol. The first-order valence-corrected chi connectivity index (χ1v) is 8.71. The minimum Gasteiger partial charge on any atom is -0.381 e. The van der Waals surface area contributed by atoms with E-state index in [1.165, 1.54) is 4.88 Å². The average Bonchev–Trinajstić information content (AvgIpc) is 2.77. The Kier molecular flexibility index (Phi) is 3.60. The van der Waals surface area contributed by atoms with Crippen molar-refractivity contribution in [3.8, 4) is 0 Å². The van der Waals surface area contributed by atoms with Crippen molar-refractivity contribution in [1.82, 2.24) is 0 Å². The lowest BCUT2D eigenvalue weighted by Crippen LogP contribution is -2.41. The van der Waals surface area contributed by atoms with Crippen molar-refractivity contribution in [2.45, 2.75) is 36.5 Å². The predicted octanol–water partition coefficient (Wildman–Crippen LogP) is 4.44. The number of thiophene rings is 1. The van der Waals surface area contributed by atoms with Crippen molar-refractivity contribution < 1.29 is 4.74 Å². The van der Waals surface area contributed by atoms with Crippen LogP contribution >= 0.6 is 39.0 Å². The molecule has 0 bridgehead atoms. The van der Waals surface area contributed by atoms with Gasteiger partial charge in [-0.3, -0.25) is 4.99 Å². The van der Waals surface area contributed by atoms with E-state index in [1.807, 2.05) is 11.8 Å². The van der Waals surface area contributed by atoms with Crippen LogP contribution in [0.3, 0.4) is 0 Å². The van der Waals surface area contributed by atoms with Gasteiger partial charge in [-0.05, 0) is 48.2 Å². The van der Waals surface area contributed by atoms with Crippen LogP contribution < -0.4 is 0 Å². The molecule has 1 atom stereocenters. The maximum atomic E-state index is 5.51. The first-order valence-electron chi connectivity index (χ1n) is 6.16. The lowest BCUT2D eigenvalue weighted by atomic mass is 9.83. The number of hydrogen-bond donors (Lipinski definition) is 0. The maximum absolute atomic E-state index is 5.51. The van der Waals surface area contributed by atoms with Crippen LogP contribution in [0.25, 0.3) is 0 Å². The molecule has 1 aromatic heterocycles. The first-order chi connectivity index (χ1) is 8.62. The molecule has 1 fully saturated rings. The third-order valence-corrected chi connectivity index (χ3v) is 7.02. The topological polar surface area (TPSA) is 21.6 Å². The van der Waals surface area contributed by atoms with Crippen molar-refractivity contribution in [2.75, 3.05) is 13.2 Å². The van der Waals surface area contributed by atoms with Gasteiger partial charge < -0.3 is 4.74 Å². The van der Waals surface area contributed by atoms with Crippen LogP contribution in [0.15, 0.2) is 20.9 Å². The third kappa shape index (κ3) is 2.42. The minimum atomic E-state index is -0.0563. The Bertz CT molecular complexity index is 467. The number of rotatable bonds is 1. The van der Waals surface area contributed by atoms with Gasteiger partial charge in [0, 0.05) is 32.7 Å². The second kappa shape index (κ2) is 4.93. The van der Waals surface area contributed by atoms with Gasteiger partial charge in [0.2, 0.25) is 0 Å². The summed E-state index contributed by atoms with van der Waals surface area (Å²) in [6.45, 7) is 4.05. The summed E-state index contributed by atoms with van der Waals surface area (Å²) in [6, 6.07) is 2.21. The summed E-state index contributed by atoms with van der Waals surface area (Å²) >= 11 is 7.26. The SMILES string of the molecule is CC1(c2cc(Br)cs2)CC2(CCOCC2)SC=N1. The molecule has 0 radical (unpaired) electrons. The second-order valence-electron chi connectivity index (χ2n) is 5.23. The third-order valence-electron chi connectivity index (χ3n) is 3.81.